The molecule has 0 radical (unpaired) electrons. The molecule has 0 saturated carbocycles. The highest BCUT2D eigenvalue weighted by Crippen LogP contribution is 2.19. The predicted molar refractivity (Wildman–Crippen MR) is 69.3 cm³/mol. The lowest BCUT2D eigenvalue weighted by Crippen LogP contribution is -2.26. The molecular weight excluding hydrogens is 238 g/mol. The van der Waals surface area contributed by atoms with E-state index < -0.39 is 0 Å². The van der Waals surface area contributed by atoms with E-state index in [9.17, 15) is 4.79 Å². The summed E-state index contributed by atoms with van der Waals surface area (Å²) >= 11 is 5.88. The van der Waals surface area contributed by atoms with Crippen molar-refractivity contribution in [2.45, 2.75) is 6.42 Å². The molecule has 5 heteroatoms. The van der Waals surface area contributed by atoms with Gasteiger partial charge in [-0.25, -0.2) is 0 Å². The van der Waals surface area contributed by atoms with Crippen molar-refractivity contribution in [1.82, 2.24) is 10.3 Å². The number of hydrogen-bond acceptors (Lipinski definition) is 2. The molecule has 17 heavy (non-hydrogen) atoms. The maximum absolute atomic E-state index is 11.8. The van der Waals surface area contributed by atoms with E-state index in [0.717, 1.165) is 17.3 Å². The second-order valence-electron chi connectivity index (χ2n) is 3.81. The number of benzene rings is 1. The second kappa shape index (κ2) is 5.21. The number of fused-ring (bicyclic) bond motifs is 1. The highest BCUT2D eigenvalue weighted by Gasteiger charge is 2.08. The Kier molecular flexibility index (Phi) is 3.66. The number of H-pyrrole nitrogens is 1. The highest BCUT2D eigenvalue weighted by molar-refractivity contribution is 6.31. The quantitative estimate of drug-likeness (QED) is 0.727. The summed E-state index contributed by atoms with van der Waals surface area (Å²) in [5.41, 5.74) is 6.80. The molecule has 0 unspecified atom stereocenters. The average Bonchev–Trinajstić information content (AvgIpc) is 2.72. The molecule has 0 aliphatic rings. The fraction of sp³-hybridized carbons (Fsp3) is 0.250. The Morgan fingerprint density at radius 1 is 1.41 bits per heavy atom. The van der Waals surface area contributed by atoms with Crippen LogP contribution in [0.15, 0.2) is 24.3 Å². The number of aromatic amines is 1. The Hall–Kier alpha value is -1.52. The zero-order chi connectivity index (χ0) is 12.3. The van der Waals surface area contributed by atoms with Crippen LogP contribution in [0.5, 0.6) is 0 Å². The first-order valence-corrected chi connectivity index (χ1v) is 5.85. The summed E-state index contributed by atoms with van der Waals surface area (Å²) < 4.78 is 0. The summed E-state index contributed by atoms with van der Waals surface area (Å²) in [5.74, 6) is -0.120. The van der Waals surface area contributed by atoms with Crippen molar-refractivity contribution in [3.63, 3.8) is 0 Å². The predicted octanol–water partition coefficient (Wildman–Crippen LogP) is 1.90. The minimum absolute atomic E-state index is 0.120. The summed E-state index contributed by atoms with van der Waals surface area (Å²) in [7, 11) is 0. The van der Waals surface area contributed by atoms with Gasteiger partial charge in [0, 0.05) is 22.5 Å². The molecule has 0 aliphatic heterocycles. The molecule has 1 amide bonds. The first-order valence-electron chi connectivity index (χ1n) is 5.47. The summed E-state index contributed by atoms with van der Waals surface area (Å²) in [5, 5.41) is 4.38. The maximum Gasteiger partial charge on any atom is 0.267 e. The van der Waals surface area contributed by atoms with Crippen molar-refractivity contribution in [2.75, 3.05) is 13.1 Å². The van der Waals surface area contributed by atoms with Gasteiger partial charge in [-0.3, -0.25) is 4.79 Å². The SMILES string of the molecule is NCCCNC(=O)c1cc2cc(Cl)ccc2[nH]1. The average molecular weight is 252 g/mol. The lowest BCUT2D eigenvalue weighted by atomic mass is 10.2. The minimum atomic E-state index is -0.120. The van der Waals surface area contributed by atoms with Crippen LogP contribution in [0.2, 0.25) is 5.02 Å². The first-order chi connectivity index (χ1) is 8.20. The lowest BCUT2D eigenvalue weighted by Gasteiger charge is -2.01. The summed E-state index contributed by atoms with van der Waals surface area (Å²) in [6.07, 6.45) is 0.776. The van der Waals surface area contributed by atoms with Crippen LogP contribution in [0.1, 0.15) is 16.9 Å². The normalized spacial score (nSPS) is 10.7. The largest absolute Gasteiger partial charge is 0.351 e. The van der Waals surface area contributed by atoms with Gasteiger partial charge < -0.3 is 16.0 Å². The molecule has 90 valence electrons. The fourth-order valence-corrected chi connectivity index (χ4v) is 1.81. The van der Waals surface area contributed by atoms with Gasteiger partial charge in [0.2, 0.25) is 0 Å². The number of halogens is 1. The van der Waals surface area contributed by atoms with Gasteiger partial charge in [-0.05, 0) is 37.2 Å². The number of carbonyl (C=O) groups excluding carboxylic acids is 1. The summed E-state index contributed by atoms with van der Waals surface area (Å²) in [4.78, 5) is 14.8. The topological polar surface area (TPSA) is 70.9 Å². The van der Waals surface area contributed by atoms with Gasteiger partial charge >= 0.3 is 0 Å². The molecule has 2 rings (SSSR count). The van der Waals surface area contributed by atoms with Crippen LogP contribution in [-0.2, 0) is 0 Å². The molecule has 1 heterocycles. The van der Waals surface area contributed by atoms with Crippen LogP contribution >= 0.6 is 11.6 Å². The van der Waals surface area contributed by atoms with E-state index in [1.165, 1.54) is 0 Å². The molecule has 0 fully saturated rings. The molecule has 0 aliphatic carbocycles. The van der Waals surface area contributed by atoms with Gasteiger partial charge in [-0.2, -0.15) is 0 Å². The number of aromatic nitrogens is 1. The van der Waals surface area contributed by atoms with Crippen LogP contribution in [0.25, 0.3) is 10.9 Å². The third-order valence-corrected chi connectivity index (χ3v) is 2.73. The maximum atomic E-state index is 11.8. The Balaban J connectivity index is 2.15. The molecule has 0 atom stereocenters. The van der Waals surface area contributed by atoms with E-state index in [-0.39, 0.29) is 5.91 Å². The Morgan fingerprint density at radius 3 is 3.00 bits per heavy atom. The molecule has 0 spiro atoms. The van der Waals surface area contributed by atoms with E-state index in [2.05, 4.69) is 10.3 Å². The monoisotopic (exact) mass is 251 g/mol. The highest BCUT2D eigenvalue weighted by atomic mass is 35.5. The molecule has 1 aromatic carbocycles. The molecule has 0 saturated heterocycles. The zero-order valence-electron chi connectivity index (χ0n) is 9.29. The Morgan fingerprint density at radius 2 is 2.24 bits per heavy atom. The van der Waals surface area contributed by atoms with Gasteiger partial charge in [0.15, 0.2) is 0 Å². The van der Waals surface area contributed by atoms with Crippen molar-refractivity contribution in [3.8, 4) is 0 Å². The van der Waals surface area contributed by atoms with E-state index in [0.29, 0.717) is 23.8 Å². The minimum Gasteiger partial charge on any atom is -0.351 e. The fourth-order valence-electron chi connectivity index (χ4n) is 1.63. The van der Waals surface area contributed by atoms with Crippen molar-refractivity contribution in [1.29, 1.82) is 0 Å². The molecule has 1 aromatic heterocycles. The second-order valence-corrected chi connectivity index (χ2v) is 4.25. The van der Waals surface area contributed by atoms with Crippen molar-refractivity contribution >= 4 is 28.4 Å². The van der Waals surface area contributed by atoms with E-state index in [1.807, 2.05) is 12.1 Å². The van der Waals surface area contributed by atoms with Gasteiger partial charge in [0.05, 0.1) is 0 Å². The summed E-state index contributed by atoms with van der Waals surface area (Å²) in [6, 6.07) is 7.26. The number of rotatable bonds is 4. The molecule has 4 nitrogen and oxygen atoms in total. The summed E-state index contributed by atoms with van der Waals surface area (Å²) in [6.45, 7) is 1.16. The Bertz CT molecular complexity index is 536. The van der Waals surface area contributed by atoms with Crippen LogP contribution in [0.3, 0.4) is 0 Å². The zero-order valence-corrected chi connectivity index (χ0v) is 10.1. The van der Waals surface area contributed by atoms with Gasteiger partial charge in [0.25, 0.3) is 5.91 Å². The number of amides is 1. The Labute approximate surface area is 104 Å². The number of nitrogens with two attached hydrogens (primary N) is 1. The molecular formula is C12H14ClN3O. The van der Waals surface area contributed by atoms with E-state index >= 15 is 0 Å². The van der Waals surface area contributed by atoms with Crippen LogP contribution in [0, 0.1) is 0 Å². The van der Waals surface area contributed by atoms with Crippen molar-refractivity contribution < 1.29 is 4.79 Å². The number of carbonyl (C=O) groups is 1. The number of hydrogen-bond donors (Lipinski definition) is 3. The third kappa shape index (κ3) is 2.78. The number of nitrogens with one attached hydrogen (secondary N) is 2. The van der Waals surface area contributed by atoms with Gasteiger partial charge in [0.1, 0.15) is 5.69 Å². The van der Waals surface area contributed by atoms with Crippen molar-refractivity contribution in [2.24, 2.45) is 5.73 Å². The molecule has 4 N–H and O–H groups in total. The first kappa shape index (κ1) is 12.0. The van der Waals surface area contributed by atoms with Crippen LogP contribution in [-0.4, -0.2) is 24.0 Å². The van der Waals surface area contributed by atoms with Crippen LogP contribution in [0.4, 0.5) is 0 Å². The van der Waals surface area contributed by atoms with Crippen molar-refractivity contribution in [3.05, 3.63) is 35.0 Å². The van der Waals surface area contributed by atoms with Gasteiger partial charge in [-0.15, -0.1) is 0 Å². The molecule has 0 bridgehead atoms. The lowest BCUT2D eigenvalue weighted by molar-refractivity contribution is 0.0949. The third-order valence-electron chi connectivity index (χ3n) is 2.49. The van der Waals surface area contributed by atoms with E-state index in [4.69, 9.17) is 17.3 Å². The molecule has 2 aromatic rings. The van der Waals surface area contributed by atoms with Gasteiger partial charge in [-0.1, -0.05) is 11.6 Å². The smallest absolute Gasteiger partial charge is 0.267 e. The van der Waals surface area contributed by atoms with E-state index in [1.54, 1.807) is 12.1 Å². The van der Waals surface area contributed by atoms with Crippen LogP contribution < -0.4 is 11.1 Å². The standard InChI is InChI=1S/C12H14ClN3O/c13-9-2-3-10-8(6-9)7-11(16-10)12(17)15-5-1-4-14/h2-3,6-7,16H,1,4-5,14H2,(H,15,17).